The van der Waals surface area contributed by atoms with Crippen LogP contribution in [0.3, 0.4) is 0 Å². The Hall–Kier alpha value is -0.820. The molecule has 0 amide bonds. The number of hydrogen-bond acceptors (Lipinski definition) is 1. The van der Waals surface area contributed by atoms with E-state index in [1.54, 1.807) is 0 Å². The van der Waals surface area contributed by atoms with Crippen molar-refractivity contribution in [1.82, 2.24) is 0 Å². The molecule has 0 heterocycles. The van der Waals surface area contributed by atoms with Crippen LogP contribution >= 0.6 is 0 Å². The largest absolute Gasteiger partial charge is 0.378 e. The highest BCUT2D eigenvalue weighted by atomic mass is 16.5. The highest BCUT2D eigenvalue weighted by Crippen LogP contribution is 2.09. The van der Waals surface area contributed by atoms with Crippen molar-refractivity contribution >= 4 is 0 Å². The molecule has 1 heteroatoms. The van der Waals surface area contributed by atoms with Crippen LogP contribution in [0.2, 0.25) is 0 Å². The van der Waals surface area contributed by atoms with Crippen molar-refractivity contribution in [2.24, 2.45) is 0 Å². The molecule has 1 rings (SSSR count). The summed E-state index contributed by atoms with van der Waals surface area (Å²) in [6, 6.07) is 10.3. The summed E-state index contributed by atoms with van der Waals surface area (Å²) >= 11 is 0. The quantitative estimate of drug-likeness (QED) is 0.572. The van der Waals surface area contributed by atoms with Crippen LogP contribution in [0, 0.1) is 13.3 Å². The van der Waals surface area contributed by atoms with Crippen LogP contribution in [-0.2, 0) is 4.74 Å². The van der Waals surface area contributed by atoms with Crippen LogP contribution in [0.15, 0.2) is 30.3 Å². The maximum Gasteiger partial charge on any atom is 0.0582 e. The third kappa shape index (κ3) is 7.17. The average Bonchev–Trinajstić information content (AvgIpc) is 2.37. The Morgan fingerprint density at radius 1 is 1.18 bits per heavy atom. The normalized spacial score (nSPS) is 12.6. The summed E-state index contributed by atoms with van der Waals surface area (Å²) in [5.74, 6) is 0. The van der Waals surface area contributed by atoms with Gasteiger partial charge in [-0.25, -0.2) is 0 Å². The first-order valence-corrected chi connectivity index (χ1v) is 6.66. The molecule has 94 valence electrons. The molecular weight excluding hydrogens is 208 g/mol. The van der Waals surface area contributed by atoms with Gasteiger partial charge in [0.2, 0.25) is 0 Å². The molecule has 0 aliphatic rings. The van der Waals surface area contributed by atoms with E-state index in [4.69, 9.17) is 4.74 Å². The molecule has 0 saturated heterocycles. The van der Waals surface area contributed by atoms with Gasteiger partial charge in [-0.2, -0.15) is 0 Å². The van der Waals surface area contributed by atoms with Gasteiger partial charge in [0.15, 0.2) is 0 Å². The van der Waals surface area contributed by atoms with Gasteiger partial charge in [0.1, 0.15) is 0 Å². The minimum atomic E-state index is 0.0804. The molecule has 1 nitrogen and oxygen atoms in total. The SMILES string of the molecule is [CH2]C(C[CH]c1ccccc1)OCCCCCC. The molecule has 1 atom stereocenters. The molecule has 0 aliphatic carbocycles. The van der Waals surface area contributed by atoms with Gasteiger partial charge >= 0.3 is 0 Å². The topological polar surface area (TPSA) is 9.23 Å². The second-order valence-corrected chi connectivity index (χ2v) is 4.40. The number of ether oxygens (including phenoxy) is 1. The summed E-state index contributed by atoms with van der Waals surface area (Å²) in [7, 11) is 0. The van der Waals surface area contributed by atoms with E-state index in [0.717, 1.165) is 19.4 Å². The Morgan fingerprint density at radius 2 is 1.94 bits per heavy atom. The zero-order valence-corrected chi connectivity index (χ0v) is 10.9. The average molecular weight is 232 g/mol. The molecule has 0 aliphatic heterocycles. The second-order valence-electron chi connectivity index (χ2n) is 4.40. The van der Waals surface area contributed by atoms with Gasteiger partial charge in [-0.15, -0.1) is 0 Å². The summed E-state index contributed by atoms with van der Waals surface area (Å²) in [6.45, 7) is 7.08. The van der Waals surface area contributed by atoms with Crippen LogP contribution in [0.5, 0.6) is 0 Å². The van der Waals surface area contributed by atoms with E-state index in [1.165, 1.54) is 24.8 Å². The predicted molar refractivity (Wildman–Crippen MR) is 73.7 cm³/mol. The highest BCUT2D eigenvalue weighted by Gasteiger charge is 2.02. The molecule has 0 saturated carbocycles. The van der Waals surface area contributed by atoms with Crippen molar-refractivity contribution in [3.05, 3.63) is 49.2 Å². The van der Waals surface area contributed by atoms with Crippen LogP contribution < -0.4 is 0 Å². The fraction of sp³-hybridized carbons (Fsp3) is 0.500. The van der Waals surface area contributed by atoms with Gasteiger partial charge in [0.05, 0.1) is 6.10 Å². The van der Waals surface area contributed by atoms with E-state index in [1.807, 2.05) is 6.07 Å². The van der Waals surface area contributed by atoms with Gasteiger partial charge in [-0.1, -0.05) is 56.5 Å². The fourth-order valence-electron chi connectivity index (χ4n) is 1.70. The summed E-state index contributed by atoms with van der Waals surface area (Å²) < 4.78 is 5.67. The molecule has 0 bridgehead atoms. The van der Waals surface area contributed by atoms with Gasteiger partial charge < -0.3 is 4.74 Å². The van der Waals surface area contributed by atoms with Crippen LogP contribution in [0.4, 0.5) is 0 Å². The first-order chi connectivity index (χ1) is 8.33. The fourth-order valence-corrected chi connectivity index (χ4v) is 1.70. The maximum absolute atomic E-state index is 5.67. The van der Waals surface area contributed by atoms with E-state index in [9.17, 15) is 0 Å². The minimum absolute atomic E-state index is 0.0804. The number of rotatable bonds is 9. The number of hydrogen-bond donors (Lipinski definition) is 0. The summed E-state index contributed by atoms with van der Waals surface area (Å²) in [6.07, 6.45) is 8.16. The van der Waals surface area contributed by atoms with E-state index >= 15 is 0 Å². The van der Waals surface area contributed by atoms with Crippen molar-refractivity contribution in [3.63, 3.8) is 0 Å². The third-order valence-electron chi connectivity index (χ3n) is 2.77. The van der Waals surface area contributed by atoms with Crippen molar-refractivity contribution < 1.29 is 4.74 Å². The lowest BCUT2D eigenvalue weighted by Crippen LogP contribution is -2.10. The van der Waals surface area contributed by atoms with E-state index < -0.39 is 0 Å². The lowest BCUT2D eigenvalue weighted by Gasteiger charge is -2.12. The Labute approximate surface area is 106 Å². The molecule has 0 spiro atoms. The molecule has 17 heavy (non-hydrogen) atoms. The first kappa shape index (κ1) is 14.2. The van der Waals surface area contributed by atoms with Crippen molar-refractivity contribution in [2.45, 2.75) is 45.1 Å². The first-order valence-electron chi connectivity index (χ1n) is 6.66. The van der Waals surface area contributed by atoms with Crippen LogP contribution in [0.25, 0.3) is 0 Å². The Balaban J connectivity index is 2.03. The Kier molecular flexibility index (Phi) is 7.74. The minimum Gasteiger partial charge on any atom is -0.378 e. The number of unbranched alkanes of at least 4 members (excludes halogenated alkanes) is 3. The Bertz CT molecular complexity index is 268. The maximum atomic E-state index is 5.67. The van der Waals surface area contributed by atoms with E-state index in [2.05, 4.69) is 44.5 Å². The second kappa shape index (κ2) is 9.23. The molecule has 1 aromatic carbocycles. The standard InChI is InChI=1S/C16H24O/c1-3-4-5-9-14-17-15(2)12-13-16-10-7-6-8-11-16/h6-8,10-11,13,15H,2-5,9,12,14H2,1H3. The molecule has 0 aromatic heterocycles. The molecule has 1 unspecified atom stereocenters. The van der Waals surface area contributed by atoms with Gasteiger partial charge in [0.25, 0.3) is 0 Å². The summed E-state index contributed by atoms with van der Waals surface area (Å²) in [5.41, 5.74) is 1.25. The lowest BCUT2D eigenvalue weighted by molar-refractivity contribution is 0.0802. The molecule has 0 fully saturated rings. The third-order valence-corrected chi connectivity index (χ3v) is 2.77. The summed E-state index contributed by atoms with van der Waals surface area (Å²) in [4.78, 5) is 0. The van der Waals surface area contributed by atoms with Crippen molar-refractivity contribution in [3.8, 4) is 0 Å². The van der Waals surface area contributed by atoms with Gasteiger partial charge in [-0.3, -0.25) is 0 Å². The molecule has 0 N–H and O–H groups in total. The molecular formula is C16H24O. The van der Waals surface area contributed by atoms with E-state index in [-0.39, 0.29) is 6.10 Å². The van der Waals surface area contributed by atoms with Crippen LogP contribution in [-0.4, -0.2) is 12.7 Å². The number of benzene rings is 1. The Morgan fingerprint density at radius 3 is 2.65 bits per heavy atom. The van der Waals surface area contributed by atoms with Crippen LogP contribution in [0.1, 0.15) is 44.6 Å². The molecule has 1 aromatic rings. The highest BCUT2D eigenvalue weighted by molar-refractivity contribution is 5.22. The zero-order chi connectivity index (χ0) is 12.3. The van der Waals surface area contributed by atoms with Gasteiger partial charge in [-0.05, 0) is 31.7 Å². The summed E-state index contributed by atoms with van der Waals surface area (Å²) in [5, 5.41) is 0. The predicted octanol–water partition coefficient (Wildman–Crippen LogP) is 4.43. The lowest BCUT2D eigenvalue weighted by atomic mass is 10.1. The van der Waals surface area contributed by atoms with Crippen molar-refractivity contribution in [2.75, 3.05) is 6.61 Å². The monoisotopic (exact) mass is 232 g/mol. The molecule has 2 radical (unpaired) electrons. The zero-order valence-electron chi connectivity index (χ0n) is 10.9. The van der Waals surface area contributed by atoms with Crippen molar-refractivity contribution in [1.29, 1.82) is 0 Å². The van der Waals surface area contributed by atoms with E-state index in [0.29, 0.717) is 0 Å². The van der Waals surface area contributed by atoms with Gasteiger partial charge in [0, 0.05) is 6.61 Å². The smallest absolute Gasteiger partial charge is 0.0582 e.